The van der Waals surface area contributed by atoms with Crippen LogP contribution in [0.15, 0.2) is 59.1 Å². The first-order valence-electron chi connectivity index (χ1n) is 11.7. The standard InChI is InChI=1S/C24H27ClFN4O9P/c1-30(23(32)27-12-16-8-5-9-19(26)22(16)25)17(10-18(31)14-38-40(34,35)36)13-37-24(33)28-21-11-20(29-39-21)15-6-3-2-4-7-15/h2-9,11,17-18,31H,10,12-14H2,1H3,(H,27,32)(H,28,33)(H2,34,35,36)/t17-,18-/m0/s1. The van der Waals surface area contributed by atoms with Crippen molar-refractivity contribution < 1.29 is 47.2 Å². The largest absolute Gasteiger partial charge is 0.469 e. The maximum absolute atomic E-state index is 13.7. The SMILES string of the molecule is CN(C(=O)NCc1cccc(F)c1Cl)[C@H](COC(=O)Nc1cc(-c2ccccc2)no1)C[C@H](O)COP(=O)(O)O. The molecule has 3 aromatic rings. The minimum absolute atomic E-state index is 0.00597. The normalized spacial score (nSPS) is 12.8. The Morgan fingerprint density at radius 3 is 2.60 bits per heavy atom. The number of benzene rings is 2. The number of hydrogen-bond donors (Lipinski definition) is 5. The maximum atomic E-state index is 13.7. The number of phosphoric ester groups is 1. The summed E-state index contributed by atoms with van der Waals surface area (Å²) in [7, 11) is -3.52. The third kappa shape index (κ3) is 9.59. The third-order valence-electron chi connectivity index (χ3n) is 5.52. The summed E-state index contributed by atoms with van der Waals surface area (Å²) in [6.07, 6.45) is -2.69. The van der Waals surface area contributed by atoms with Crippen LogP contribution in [0.4, 0.5) is 19.9 Å². The zero-order valence-corrected chi connectivity index (χ0v) is 22.7. The van der Waals surface area contributed by atoms with Crippen LogP contribution in [0.2, 0.25) is 5.02 Å². The number of phosphoric acid groups is 1. The number of anilines is 1. The molecule has 216 valence electrons. The Balaban J connectivity index is 1.62. The van der Waals surface area contributed by atoms with Gasteiger partial charge in [0.1, 0.15) is 18.1 Å². The maximum Gasteiger partial charge on any atom is 0.469 e. The average molecular weight is 601 g/mol. The molecule has 1 aromatic heterocycles. The van der Waals surface area contributed by atoms with Crippen LogP contribution in [0.3, 0.4) is 0 Å². The molecule has 0 aliphatic rings. The van der Waals surface area contributed by atoms with Crippen molar-refractivity contribution in [1.29, 1.82) is 0 Å². The van der Waals surface area contributed by atoms with Crippen LogP contribution in [-0.2, 0) is 20.4 Å². The quantitative estimate of drug-likeness (QED) is 0.192. The van der Waals surface area contributed by atoms with E-state index in [-0.39, 0.29) is 23.9 Å². The van der Waals surface area contributed by atoms with Crippen molar-refractivity contribution in [2.24, 2.45) is 0 Å². The number of halogens is 2. The summed E-state index contributed by atoms with van der Waals surface area (Å²) in [5.74, 6) is -0.663. The van der Waals surface area contributed by atoms with Crippen LogP contribution in [0, 0.1) is 5.82 Å². The monoisotopic (exact) mass is 600 g/mol. The number of hydrogen-bond acceptors (Lipinski definition) is 8. The van der Waals surface area contributed by atoms with Crippen molar-refractivity contribution in [1.82, 2.24) is 15.4 Å². The first kappa shape index (κ1) is 31.0. The van der Waals surface area contributed by atoms with Crippen molar-refractivity contribution in [2.75, 3.05) is 25.6 Å². The van der Waals surface area contributed by atoms with Gasteiger partial charge in [-0.3, -0.25) is 9.84 Å². The lowest BCUT2D eigenvalue weighted by Crippen LogP contribution is -2.47. The number of amides is 3. The summed E-state index contributed by atoms with van der Waals surface area (Å²) < 4.78 is 39.3. The van der Waals surface area contributed by atoms with Gasteiger partial charge >= 0.3 is 19.9 Å². The summed E-state index contributed by atoms with van der Waals surface area (Å²) >= 11 is 5.92. The highest BCUT2D eigenvalue weighted by Gasteiger charge is 2.27. The number of rotatable bonds is 12. The highest BCUT2D eigenvalue weighted by molar-refractivity contribution is 7.46. The van der Waals surface area contributed by atoms with Gasteiger partial charge in [-0.1, -0.05) is 59.2 Å². The third-order valence-corrected chi connectivity index (χ3v) is 6.43. The molecule has 0 saturated heterocycles. The summed E-state index contributed by atoms with van der Waals surface area (Å²) in [5.41, 5.74) is 1.54. The molecule has 40 heavy (non-hydrogen) atoms. The molecule has 0 aliphatic carbocycles. The second kappa shape index (κ2) is 14.2. The summed E-state index contributed by atoms with van der Waals surface area (Å²) in [4.78, 5) is 44.1. The first-order valence-corrected chi connectivity index (χ1v) is 13.6. The lowest BCUT2D eigenvalue weighted by molar-refractivity contribution is 0.0452. The van der Waals surface area contributed by atoms with E-state index in [1.807, 2.05) is 18.2 Å². The molecule has 2 atom stereocenters. The average Bonchev–Trinajstić information content (AvgIpc) is 3.38. The molecule has 0 bridgehead atoms. The number of nitrogens with zero attached hydrogens (tertiary/aromatic N) is 2. The van der Waals surface area contributed by atoms with Crippen molar-refractivity contribution in [2.45, 2.75) is 25.1 Å². The molecule has 0 radical (unpaired) electrons. The zero-order valence-electron chi connectivity index (χ0n) is 21.1. The van der Waals surface area contributed by atoms with E-state index >= 15 is 0 Å². The molecule has 0 saturated carbocycles. The number of urea groups is 1. The van der Waals surface area contributed by atoms with Gasteiger partial charge in [0.05, 0.1) is 23.8 Å². The van der Waals surface area contributed by atoms with E-state index in [9.17, 15) is 23.7 Å². The minimum atomic E-state index is -4.86. The Morgan fingerprint density at radius 1 is 1.18 bits per heavy atom. The summed E-state index contributed by atoms with van der Waals surface area (Å²) in [6.45, 7) is -1.32. The summed E-state index contributed by atoms with van der Waals surface area (Å²) in [5, 5.41) is 18.9. The van der Waals surface area contributed by atoms with Gasteiger partial charge in [0.25, 0.3) is 0 Å². The summed E-state index contributed by atoms with van der Waals surface area (Å²) in [6, 6.07) is 13.0. The number of aliphatic hydroxyl groups is 1. The number of carbonyl (C=O) groups excluding carboxylic acids is 2. The van der Waals surface area contributed by atoms with E-state index in [2.05, 4.69) is 20.3 Å². The van der Waals surface area contributed by atoms with Gasteiger partial charge < -0.3 is 34.4 Å². The molecule has 16 heteroatoms. The van der Waals surface area contributed by atoms with Crippen LogP contribution in [0.1, 0.15) is 12.0 Å². The van der Waals surface area contributed by atoms with E-state index in [0.717, 1.165) is 10.5 Å². The number of ether oxygens (including phenoxy) is 1. The second-order valence-corrected chi connectivity index (χ2v) is 10.1. The molecule has 0 fully saturated rings. The fourth-order valence-corrected chi connectivity index (χ4v) is 4.00. The fraction of sp³-hybridized carbons (Fsp3) is 0.292. The van der Waals surface area contributed by atoms with Gasteiger partial charge in [0.2, 0.25) is 5.88 Å². The Bertz CT molecular complexity index is 1340. The number of likely N-dealkylation sites (N-methyl/N-ethyl adjacent to an activating group) is 1. The van der Waals surface area contributed by atoms with Crippen molar-refractivity contribution in [3.63, 3.8) is 0 Å². The Labute approximate surface area is 233 Å². The predicted octanol–water partition coefficient (Wildman–Crippen LogP) is 3.75. The second-order valence-electron chi connectivity index (χ2n) is 8.48. The molecule has 1 heterocycles. The lowest BCUT2D eigenvalue weighted by atomic mass is 10.1. The number of aliphatic hydroxyl groups excluding tert-OH is 1. The Hall–Kier alpha value is -3.52. The molecule has 0 aliphatic heterocycles. The molecular formula is C24H27ClFN4O9P. The highest BCUT2D eigenvalue weighted by atomic mass is 35.5. The van der Waals surface area contributed by atoms with E-state index in [1.54, 1.807) is 12.1 Å². The first-order chi connectivity index (χ1) is 18.9. The fourth-order valence-electron chi connectivity index (χ4n) is 3.44. The van der Waals surface area contributed by atoms with Crippen molar-refractivity contribution in [3.05, 3.63) is 71.0 Å². The van der Waals surface area contributed by atoms with Gasteiger partial charge in [0.15, 0.2) is 0 Å². The van der Waals surface area contributed by atoms with Crippen molar-refractivity contribution >= 4 is 37.4 Å². The molecular weight excluding hydrogens is 574 g/mol. The highest BCUT2D eigenvalue weighted by Crippen LogP contribution is 2.36. The van der Waals surface area contributed by atoms with Crippen LogP contribution >= 0.6 is 19.4 Å². The van der Waals surface area contributed by atoms with Crippen LogP contribution in [0.25, 0.3) is 11.3 Å². The number of nitrogens with one attached hydrogen (secondary N) is 2. The molecule has 3 rings (SSSR count). The zero-order chi connectivity index (χ0) is 29.3. The van der Waals surface area contributed by atoms with Crippen LogP contribution < -0.4 is 10.6 Å². The van der Waals surface area contributed by atoms with E-state index in [0.29, 0.717) is 11.3 Å². The van der Waals surface area contributed by atoms with E-state index < -0.39 is 51.1 Å². The van der Waals surface area contributed by atoms with Gasteiger partial charge in [-0.25, -0.2) is 18.5 Å². The van der Waals surface area contributed by atoms with Crippen LogP contribution in [0.5, 0.6) is 0 Å². The van der Waals surface area contributed by atoms with Gasteiger partial charge in [-0.15, -0.1) is 0 Å². The molecule has 0 spiro atoms. The molecule has 0 unspecified atom stereocenters. The molecule has 3 amide bonds. The number of carbonyl (C=O) groups is 2. The predicted molar refractivity (Wildman–Crippen MR) is 141 cm³/mol. The van der Waals surface area contributed by atoms with Crippen LogP contribution in [-0.4, -0.2) is 69.5 Å². The Morgan fingerprint density at radius 2 is 1.90 bits per heavy atom. The van der Waals surface area contributed by atoms with E-state index in [1.165, 1.54) is 31.3 Å². The van der Waals surface area contributed by atoms with Gasteiger partial charge in [-0.05, 0) is 18.1 Å². The number of aromatic nitrogens is 1. The smallest absolute Gasteiger partial charge is 0.447 e. The van der Waals surface area contributed by atoms with Gasteiger partial charge in [-0.2, -0.15) is 0 Å². The lowest BCUT2D eigenvalue weighted by Gasteiger charge is -2.29. The minimum Gasteiger partial charge on any atom is -0.447 e. The van der Waals surface area contributed by atoms with Crippen molar-refractivity contribution in [3.8, 4) is 11.3 Å². The van der Waals surface area contributed by atoms with E-state index in [4.69, 9.17) is 30.6 Å². The molecule has 5 N–H and O–H groups in total. The molecule has 2 aromatic carbocycles. The van der Waals surface area contributed by atoms with Gasteiger partial charge in [0, 0.05) is 25.2 Å². The molecule has 13 nitrogen and oxygen atoms in total. The topological polar surface area (TPSA) is 184 Å². The Kier molecular flexibility index (Phi) is 11.0.